The molecule has 82 valence electrons. The van der Waals surface area contributed by atoms with Crippen LogP contribution >= 0.6 is 23.7 Å². The van der Waals surface area contributed by atoms with Crippen molar-refractivity contribution in [3.05, 3.63) is 33.2 Å². The number of rotatable bonds is 1. The lowest BCUT2D eigenvalue weighted by atomic mass is 10.1. The Balaban J connectivity index is 0.00000112. The summed E-state index contributed by atoms with van der Waals surface area (Å²) in [5.41, 5.74) is 2.80. The molecule has 1 aromatic rings. The molecule has 0 aliphatic carbocycles. The fourth-order valence-corrected chi connectivity index (χ4v) is 2.77. The minimum atomic E-state index is 0. The fourth-order valence-electron chi connectivity index (χ4n) is 1.57. The van der Waals surface area contributed by atoms with Crippen molar-refractivity contribution in [2.45, 2.75) is 26.8 Å². The highest BCUT2D eigenvalue weighted by atomic mass is 35.5. The van der Waals surface area contributed by atoms with Crippen LogP contribution in [0.25, 0.3) is 0 Å². The van der Waals surface area contributed by atoms with E-state index in [1.54, 1.807) is 6.34 Å². The van der Waals surface area contributed by atoms with Gasteiger partial charge in [-0.15, -0.1) is 23.7 Å². The molecular weight excluding hydrogens is 228 g/mol. The Morgan fingerprint density at radius 1 is 1.27 bits per heavy atom. The lowest BCUT2D eigenvalue weighted by Crippen LogP contribution is -2.08. The largest absolute Gasteiger partial charge is 0.353 e. The molecule has 0 saturated heterocycles. The van der Waals surface area contributed by atoms with Gasteiger partial charge in [0.1, 0.15) is 6.04 Å². The van der Waals surface area contributed by atoms with E-state index in [9.17, 15) is 0 Å². The number of nitrogens with one attached hydrogen (secondary N) is 1. The molecule has 2 heterocycles. The van der Waals surface area contributed by atoms with Crippen LogP contribution in [0.1, 0.15) is 26.9 Å². The predicted octanol–water partition coefficient (Wildman–Crippen LogP) is 3.28. The van der Waals surface area contributed by atoms with E-state index in [0.717, 1.165) is 0 Å². The highest BCUT2D eigenvalue weighted by molar-refractivity contribution is 7.12. The van der Waals surface area contributed by atoms with E-state index < -0.39 is 0 Å². The first-order valence-corrected chi connectivity index (χ1v) is 5.52. The van der Waals surface area contributed by atoms with Gasteiger partial charge in [0.25, 0.3) is 0 Å². The lowest BCUT2D eigenvalue weighted by Gasteiger charge is -2.10. The van der Waals surface area contributed by atoms with E-state index in [2.05, 4.69) is 37.2 Å². The molecule has 15 heavy (non-hydrogen) atoms. The summed E-state index contributed by atoms with van der Waals surface area (Å²) < 4.78 is 0. The molecule has 0 amide bonds. The molecule has 4 heteroatoms. The number of hydrogen-bond acceptors (Lipinski definition) is 3. The van der Waals surface area contributed by atoms with Crippen LogP contribution in [-0.2, 0) is 0 Å². The molecule has 1 aromatic heterocycles. The Hall–Kier alpha value is -0.800. The van der Waals surface area contributed by atoms with Gasteiger partial charge in [-0.2, -0.15) is 0 Å². The van der Waals surface area contributed by atoms with E-state index >= 15 is 0 Å². The van der Waals surface area contributed by atoms with Gasteiger partial charge in [-0.25, -0.2) is 0 Å². The van der Waals surface area contributed by atoms with E-state index in [1.165, 1.54) is 20.9 Å². The minimum Gasteiger partial charge on any atom is -0.353 e. The predicted molar refractivity (Wildman–Crippen MR) is 69.3 cm³/mol. The van der Waals surface area contributed by atoms with Crippen LogP contribution in [0.5, 0.6) is 0 Å². The maximum atomic E-state index is 4.40. The van der Waals surface area contributed by atoms with Crippen molar-refractivity contribution < 1.29 is 0 Å². The van der Waals surface area contributed by atoms with E-state index in [0.29, 0.717) is 0 Å². The standard InChI is InChI=1S/C11H14N2S.ClH/c1-7-8(2)11(14-9(7)3)10-4-5-12-6-13-10;/h4-6,10H,1-3H3,(H,12,13);1H. The average molecular weight is 243 g/mol. The molecule has 1 unspecified atom stereocenters. The summed E-state index contributed by atoms with van der Waals surface area (Å²) in [5, 5.41) is 2.96. The van der Waals surface area contributed by atoms with Gasteiger partial charge in [0, 0.05) is 16.0 Å². The summed E-state index contributed by atoms with van der Waals surface area (Å²) in [5.74, 6) is 0. The Kier molecular flexibility index (Phi) is 3.94. The highest BCUT2D eigenvalue weighted by Gasteiger charge is 2.15. The number of halogens is 1. The van der Waals surface area contributed by atoms with Gasteiger partial charge in [0.15, 0.2) is 0 Å². The molecule has 1 aliphatic heterocycles. The lowest BCUT2D eigenvalue weighted by molar-refractivity contribution is 0.895. The summed E-state index contributed by atoms with van der Waals surface area (Å²) >= 11 is 1.85. The Morgan fingerprint density at radius 3 is 2.47 bits per heavy atom. The van der Waals surface area contributed by atoms with Crippen molar-refractivity contribution in [2.75, 3.05) is 0 Å². The van der Waals surface area contributed by atoms with Crippen LogP contribution in [0.15, 0.2) is 17.3 Å². The maximum absolute atomic E-state index is 4.40. The molecule has 1 N–H and O–H groups in total. The second kappa shape index (κ2) is 4.81. The first kappa shape index (κ1) is 12.3. The van der Waals surface area contributed by atoms with E-state index in [4.69, 9.17) is 0 Å². The van der Waals surface area contributed by atoms with Gasteiger partial charge in [-0.05, 0) is 38.0 Å². The van der Waals surface area contributed by atoms with E-state index in [-0.39, 0.29) is 18.4 Å². The van der Waals surface area contributed by atoms with Gasteiger partial charge < -0.3 is 5.32 Å². The quantitative estimate of drug-likeness (QED) is 0.803. The molecule has 1 atom stereocenters. The van der Waals surface area contributed by atoms with Crippen molar-refractivity contribution in [2.24, 2.45) is 4.99 Å². The van der Waals surface area contributed by atoms with Crippen molar-refractivity contribution in [1.82, 2.24) is 5.32 Å². The molecule has 0 radical (unpaired) electrons. The molecular formula is C11H15ClN2S. The Labute approximate surface area is 101 Å². The highest BCUT2D eigenvalue weighted by Crippen LogP contribution is 2.34. The molecule has 0 bridgehead atoms. The van der Waals surface area contributed by atoms with Crippen LogP contribution < -0.4 is 5.32 Å². The van der Waals surface area contributed by atoms with Gasteiger partial charge in [-0.1, -0.05) is 0 Å². The Morgan fingerprint density at radius 2 is 2.00 bits per heavy atom. The first-order chi connectivity index (χ1) is 6.70. The third-order valence-electron chi connectivity index (χ3n) is 2.68. The van der Waals surface area contributed by atoms with Crippen molar-refractivity contribution in [1.29, 1.82) is 0 Å². The number of thiophene rings is 1. The van der Waals surface area contributed by atoms with Crippen molar-refractivity contribution in [3.63, 3.8) is 0 Å². The summed E-state index contributed by atoms with van der Waals surface area (Å²) in [6.45, 7) is 6.53. The minimum absolute atomic E-state index is 0. The number of nitrogens with zero attached hydrogens (tertiary/aromatic N) is 1. The monoisotopic (exact) mass is 242 g/mol. The third kappa shape index (κ3) is 2.24. The first-order valence-electron chi connectivity index (χ1n) is 4.71. The van der Waals surface area contributed by atoms with Crippen LogP contribution in [-0.4, -0.2) is 6.34 Å². The zero-order chi connectivity index (χ0) is 10.1. The molecule has 0 fully saturated rings. The van der Waals surface area contributed by atoms with Gasteiger partial charge in [0.05, 0.1) is 6.34 Å². The van der Waals surface area contributed by atoms with Gasteiger partial charge in [0.2, 0.25) is 0 Å². The van der Waals surface area contributed by atoms with Crippen molar-refractivity contribution >= 4 is 30.1 Å². The average Bonchev–Trinajstić information content (AvgIpc) is 2.47. The SMILES string of the molecule is Cc1sc(C2C=CNC=N2)c(C)c1C.Cl. The third-order valence-corrected chi connectivity index (χ3v) is 4.06. The number of aryl methyl sites for hydroxylation is 1. The molecule has 1 aliphatic rings. The second-order valence-corrected chi connectivity index (χ2v) is 4.78. The second-order valence-electron chi connectivity index (χ2n) is 3.52. The molecule has 2 nitrogen and oxygen atoms in total. The number of hydrogen-bond donors (Lipinski definition) is 1. The summed E-state index contributed by atoms with van der Waals surface area (Å²) in [7, 11) is 0. The molecule has 0 saturated carbocycles. The van der Waals surface area contributed by atoms with Crippen molar-refractivity contribution in [3.8, 4) is 0 Å². The topological polar surface area (TPSA) is 24.4 Å². The maximum Gasteiger partial charge on any atom is 0.106 e. The summed E-state index contributed by atoms with van der Waals surface area (Å²) in [6, 6.07) is 0.216. The number of aliphatic imine (C=N–C) groups is 1. The van der Waals surface area contributed by atoms with Crippen LogP contribution in [0, 0.1) is 20.8 Å². The van der Waals surface area contributed by atoms with Crippen LogP contribution in [0.2, 0.25) is 0 Å². The van der Waals surface area contributed by atoms with Crippen LogP contribution in [0.4, 0.5) is 0 Å². The zero-order valence-electron chi connectivity index (χ0n) is 9.07. The van der Waals surface area contributed by atoms with Crippen LogP contribution in [0.3, 0.4) is 0 Å². The molecule has 0 spiro atoms. The normalized spacial score (nSPS) is 18.5. The fraction of sp³-hybridized carbons (Fsp3) is 0.364. The molecule has 2 rings (SSSR count). The van der Waals surface area contributed by atoms with Gasteiger partial charge >= 0.3 is 0 Å². The smallest absolute Gasteiger partial charge is 0.106 e. The summed E-state index contributed by atoms with van der Waals surface area (Å²) in [4.78, 5) is 7.17. The zero-order valence-corrected chi connectivity index (χ0v) is 10.7. The van der Waals surface area contributed by atoms with Gasteiger partial charge in [-0.3, -0.25) is 4.99 Å². The Bertz CT molecular complexity index is 395. The molecule has 0 aromatic carbocycles. The summed E-state index contributed by atoms with van der Waals surface area (Å²) in [6.07, 6.45) is 5.80. The van der Waals surface area contributed by atoms with E-state index in [1.807, 2.05) is 17.5 Å².